The maximum atomic E-state index is 13.2. The quantitative estimate of drug-likeness (QED) is 0.435. The summed E-state index contributed by atoms with van der Waals surface area (Å²) < 4.78 is 8.35. The van der Waals surface area contributed by atoms with Gasteiger partial charge in [0.2, 0.25) is 0 Å². The molecule has 3 aromatic heterocycles. The van der Waals surface area contributed by atoms with Crippen molar-refractivity contribution in [1.29, 1.82) is 0 Å². The van der Waals surface area contributed by atoms with Crippen LogP contribution in [0.15, 0.2) is 79.6 Å². The van der Waals surface area contributed by atoms with Gasteiger partial charge in [0.15, 0.2) is 11.0 Å². The molecule has 0 aliphatic carbocycles. The first-order chi connectivity index (χ1) is 16.8. The molecule has 5 aromatic rings. The molecule has 0 aliphatic rings. The van der Waals surface area contributed by atoms with Crippen LogP contribution in [0.1, 0.15) is 15.9 Å². The van der Waals surface area contributed by atoms with E-state index >= 15 is 0 Å². The molecular formula is C26H20N4O5. The molecular weight excluding hydrogens is 448 g/mol. The van der Waals surface area contributed by atoms with Gasteiger partial charge in [-0.05, 0) is 25.1 Å². The molecule has 9 nitrogen and oxygen atoms in total. The van der Waals surface area contributed by atoms with Crippen LogP contribution in [0.3, 0.4) is 0 Å². The van der Waals surface area contributed by atoms with Crippen LogP contribution in [-0.4, -0.2) is 20.0 Å². The summed E-state index contributed by atoms with van der Waals surface area (Å²) in [6.07, 6.45) is 1.36. The Balaban J connectivity index is 1.62. The van der Waals surface area contributed by atoms with Gasteiger partial charge in [0.25, 0.3) is 11.5 Å². The highest BCUT2D eigenvalue weighted by atomic mass is 16.3. The van der Waals surface area contributed by atoms with Crippen molar-refractivity contribution in [2.75, 3.05) is 5.32 Å². The van der Waals surface area contributed by atoms with E-state index in [0.29, 0.717) is 11.3 Å². The third-order valence-corrected chi connectivity index (χ3v) is 5.98. The Morgan fingerprint density at radius 2 is 1.69 bits per heavy atom. The molecule has 0 bridgehead atoms. The summed E-state index contributed by atoms with van der Waals surface area (Å²) in [5, 5.41) is 3.18. The molecule has 0 atom stereocenters. The summed E-state index contributed by atoms with van der Waals surface area (Å²) >= 11 is 0. The van der Waals surface area contributed by atoms with E-state index in [1.54, 1.807) is 25.1 Å². The Labute approximate surface area is 197 Å². The first kappa shape index (κ1) is 22.0. The number of carbonyl (C=O) groups excluding carboxylic acids is 1. The van der Waals surface area contributed by atoms with Gasteiger partial charge in [-0.25, -0.2) is 9.78 Å². The van der Waals surface area contributed by atoms with Crippen LogP contribution in [0.2, 0.25) is 0 Å². The minimum absolute atomic E-state index is 0.158. The van der Waals surface area contributed by atoms with Crippen LogP contribution in [0.4, 0.5) is 5.69 Å². The lowest BCUT2D eigenvalue weighted by Crippen LogP contribution is -2.37. The zero-order chi connectivity index (χ0) is 24.9. The van der Waals surface area contributed by atoms with E-state index in [9.17, 15) is 19.2 Å². The van der Waals surface area contributed by atoms with Crippen molar-refractivity contribution in [3.63, 3.8) is 0 Å². The number of pyridine rings is 1. The van der Waals surface area contributed by atoms with Gasteiger partial charge < -0.3 is 9.73 Å². The fourth-order valence-corrected chi connectivity index (χ4v) is 4.09. The van der Waals surface area contributed by atoms with E-state index in [0.717, 1.165) is 10.1 Å². The third-order valence-electron chi connectivity index (χ3n) is 5.98. The molecule has 35 heavy (non-hydrogen) atoms. The lowest BCUT2D eigenvalue weighted by atomic mass is 10.0. The highest BCUT2D eigenvalue weighted by molar-refractivity contribution is 6.11. The number of anilines is 1. The van der Waals surface area contributed by atoms with Gasteiger partial charge in [-0.3, -0.25) is 23.5 Å². The van der Waals surface area contributed by atoms with Crippen LogP contribution in [-0.2, 0) is 14.1 Å². The molecule has 0 unspecified atom stereocenters. The summed E-state index contributed by atoms with van der Waals surface area (Å²) in [4.78, 5) is 55.2. The number of para-hydroxylation sites is 1. The van der Waals surface area contributed by atoms with E-state index in [1.165, 1.54) is 30.9 Å². The number of nitrogens with zero attached hydrogens (tertiary/aromatic N) is 3. The standard InChI is InChI=1S/C26H20N4O5/c1-14-20(31)17-10-7-11-18(22(17)35-21(14)15-8-5-4-6-9-15)24(32)28-16-12-19-23(27-13-16)29(2)26(34)30(3)25(19)33/h4-13H,1-3H3,(H,28,32). The van der Waals surface area contributed by atoms with Crippen LogP contribution in [0.25, 0.3) is 33.3 Å². The number of nitrogens with one attached hydrogen (secondary N) is 1. The molecule has 5 rings (SSSR count). The van der Waals surface area contributed by atoms with Crippen molar-refractivity contribution < 1.29 is 9.21 Å². The molecule has 1 N–H and O–H groups in total. The largest absolute Gasteiger partial charge is 0.455 e. The Bertz CT molecular complexity index is 1830. The maximum Gasteiger partial charge on any atom is 0.332 e. The van der Waals surface area contributed by atoms with Gasteiger partial charge in [-0.2, -0.15) is 0 Å². The molecule has 0 radical (unpaired) electrons. The monoisotopic (exact) mass is 468 g/mol. The first-order valence-corrected chi connectivity index (χ1v) is 10.8. The van der Waals surface area contributed by atoms with E-state index < -0.39 is 17.2 Å². The molecule has 174 valence electrons. The number of aryl methyl sites for hydroxylation is 1. The van der Waals surface area contributed by atoms with Gasteiger partial charge in [0, 0.05) is 25.2 Å². The predicted molar refractivity (Wildman–Crippen MR) is 133 cm³/mol. The Kier molecular flexibility index (Phi) is 5.17. The van der Waals surface area contributed by atoms with E-state index in [2.05, 4.69) is 10.3 Å². The van der Waals surface area contributed by atoms with Gasteiger partial charge >= 0.3 is 5.69 Å². The zero-order valence-corrected chi connectivity index (χ0v) is 19.2. The van der Waals surface area contributed by atoms with E-state index in [1.807, 2.05) is 30.3 Å². The van der Waals surface area contributed by atoms with Gasteiger partial charge in [0.05, 0.1) is 28.2 Å². The van der Waals surface area contributed by atoms with Gasteiger partial charge in [0.1, 0.15) is 11.4 Å². The number of benzene rings is 2. The number of fused-ring (bicyclic) bond motifs is 2. The van der Waals surface area contributed by atoms with Crippen molar-refractivity contribution in [3.8, 4) is 11.3 Å². The summed E-state index contributed by atoms with van der Waals surface area (Å²) in [5.74, 6) is -0.149. The van der Waals surface area contributed by atoms with Crippen molar-refractivity contribution in [2.24, 2.45) is 14.1 Å². The van der Waals surface area contributed by atoms with Crippen LogP contribution in [0, 0.1) is 6.92 Å². The normalized spacial score (nSPS) is 11.2. The molecule has 0 saturated carbocycles. The number of amides is 1. The second-order valence-corrected chi connectivity index (χ2v) is 8.19. The molecule has 0 fully saturated rings. The number of hydrogen-bond donors (Lipinski definition) is 1. The average Bonchev–Trinajstić information content (AvgIpc) is 2.88. The SMILES string of the molecule is Cc1c(-c2ccccc2)oc2c(C(=O)Nc3cnc4c(c3)c(=O)n(C)c(=O)n4C)cccc2c1=O. The second kappa shape index (κ2) is 8.21. The summed E-state index contributed by atoms with van der Waals surface area (Å²) in [6, 6.07) is 15.4. The number of hydrogen-bond acceptors (Lipinski definition) is 6. The average molecular weight is 468 g/mol. The van der Waals surface area contributed by atoms with Gasteiger partial charge in [-0.15, -0.1) is 0 Å². The van der Waals surface area contributed by atoms with Crippen molar-refractivity contribution in [1.82, 2.24) is 14.1 Å². The van der Waals surface area contributed by atoms with Gasteiger partial charge in [-0.1, -0.05) is 36.4 Å². The molecule has 0 aliphatic heterocycles. The Morgan fingerprint density at radius 3 is 2.43 bits per heavy atom. The minimum Gasteiger partial charge on any atom is -0.455 e. The van der Waals surface area contributed by atoms with Crippen molar-refractivity contribution in [2.45, 2.75) is 6.92 Å². The fourth-order valence-electron chi connectivity index (χ4n) is 4.09. The first-order valence-electron chi connectivity index (χ1n) is 10.8. The molecule has 0 saturated heterocycles. The zero-order valence-electron chi connectivity index (χ0n) is 19.2. The van der Waals surface area contributed by atoms with Crippen LogP contribution >= 0.6 is 0 Å². The van der Waals surface area contributed by atoms with Crippen molar-refractivity contribution in [3.05, 3.63) is 103 Å². The Morgan fingerprint density at radius 1 is 0.943 bits per heavy atom. The van der Waals surface area contributed by atoms with Crippen molar-refractivity contribution >= 4 is 33.6 Å². The van der Waals surface area contributed by atoms with Crippen LogP contribution in [0.5, 0.6) is 0 Å². The topological polar surface area (TPSA) is 116 Å². The summed E-state index contributed by atoms with van der Waals surface area (Å²) in [6.45, 7) is 1.69. The van der Waals surface area contributed by atoms with E-state index in [-0.39, 0.29) is 38.7 Å². The summed E-state index contributed by atoms with van der Waals surface area (Å²) in [7, 11) is 2.89. The molecule has 2 aromatic carbocycles. The molecule has 1 amide bonds. The lowest BCUT2D eigenvalue weighted by molar-refractivity contribution is 0.102. The smallest absolute Gasteiger partial charge is 0.332 e. The lowest BCUT2D eigenvalue weighted by Gasteiger charge is -2.11. The predicted octanol–water partition coefficient (Wildman–Crippen LogP) is 2.97. The number of aromatic nitrogens is 3. The van der Waals surface area contributed by atoms with E-state index in [4.69, 9.17) is 4.42 Å². The third kappa shape index (κ3) is 3.54. The second-order valence-electron chi connectivity index (χ2n) is 8.19. The molecule has 9 heteroatoms. The number of carbonyl (C=O) groups is 1. The molecule has 3 heterocycles. The summed E-state index contributed by atoms with van der Waals surface area (Å²) in [5.41, 5.74) is 0.699. The molecule has 0 spiro atoms. The highest BCUT2D eigenvalue weighted by Gasteiger charge is 2.19. The van der Waals surface area contributed by atoms with Crippen LogP contribution < -0.4 is 22.0 Å². The maximum absolute atomic E-state index is 13.2. The number of rotatable bonds is 3. The Hall–Kier alpha value is -4.79. The fraction of sp³-hybridized carbons (Fsp3) is 0.115. The minimum atomic E-state index is -0.538. The highest BCUT2D eigenvalue weighted by Crippen LogP contribution is 2.27.